The smallest absolute Gasteiger partial charge is 0.253 e. The Kier molecular flexibility index (Phi) is 4.03. The highest BCUT2D eigenvalue weighted by molar-refractivity contribution is 7.10. The fraction of sp³-hybridized carbons (Fsp3) is 0.105. The number of nitrogens with zero attached hydrogens (tertiary/aromatic N) is 3. The highest BCUT2D eigenvalue weighted by atomic mass is 32.1. The first-order chi connectivity index (χ1) is 12.2. The normalized spacial score (nSPS) is 12.2. The van der Waals surface area contributed by atoms with E-state index in [-0.39, 0.29) is 11.9 Å². The highest BCUT2D eigenvalue weighted by Gasteiger charge is 2.19. The summed E-state index contributed by atoms with van der Waals surface area (Å²) >= 11 is 1.63. The molecule has 25 heavy (non-hydrogen) atoms. The van der Waals surface area contributed by atoms with E-state index in [1.54, 1.807) is 29.7 Å². The van der Waals surface area contributed by atoms with E-state index in [2.05, 4.69) is 15.5 Å². The van der Waals surface area contributed by atoms with Crippen LogP contribution in [0.25, 0.3) is 5.65 Å². The largest absolute Gasteiger partial charge is 0.340 e. The number of thiophene rings is 1. The summed E-state index contributed by atoms with van der Waals surface area (Å²) in [5.41, 5.74) is 2.36. The van der Waals surface area contributed by atoms with E-state index in [4.69, 9.17) is 0 Å². The quantitative estimate of drug-likeness (QED) is 0.613. The Morgan fingerprint density at radius 1 is 1.08 bits per heavy atom. The van der Waals surface area contributed by atoms with Gasteiger partial charge in [-0.05, 0) is 36.1 Å². The number of fused-ring (bicyclic) bond motifs is 1. The first kappa shape index (κ1) is 15.5. The zero-order valence-electron chi connectivity index (χ0n) is 13.6. The minimum atomic E-state index is -0.175. The van der Waals surface area contributed by atoms with Gasteiger partial charge in [-0.3, -0.25) is 9.20 Å². The van der Waals surface area contributed by atoms with E-state index < -0.39 is 0 Å². The zero-order valence-corrected chi connectivity index (χ0v) is 14.4. The Morgan fingerprint density at radius 2 is 1.92 bits per heavy atom. The van der Waals surface area contributed by atoms with Gasteiger partial charge in [-0.2, -0.15) is 0 Å². The molecule has 0 aliphatic carbocycles. The number of benzene rings is 1. The molecular weight excluding hydrogens is 332 g/mol. The van der Waals surface area contributed by atoms with Gasteiger partial charge in [-0.25, -0.2) is 0 Å². The topological polar surface area (TPSA) is 59.3 Å². The number of carbonyl (C=O) groups is 1. The lowest BCUT2D eigenvalue weighted by molar-refractivity contribution is 0.0943. The van der Waals surface area contributed by atoms with Crippen LogP contribution in [-0.2, 0) is 0 Å². The molecule has 4 rings (SSSR count). The van der Waals surface area contributed by atoms with Crippen molar-refractivity contribution in [3.05, 3.63) is 88.0 Å². The molecule has 4 aromatic rings. The molecule has 0 saturated carbocycles. The van der Waals surface area contributed by atoms with Gasteiger partial charge in [0.1, 0.15) is 5.82 Å². The molecule has 1 atom stereocenters. The van der Waals surface area contributed by atoms with Crippen molar-refractivity contribution in [2.75, 3.05) is 0 Å². The Balaban J connectivity index is 1.67. The van der Waals surface area contributed by atoms with Crippen molar-refractivity contribution in [2.45, 2.75) is 13.0 Å². The maximum atomic E-state index is 12.8. The standard InChI is InChI=1S/C19H16N4OS/c1-13-21-22-17-10-9-15(12-23(13)17)19(24)20-18(16-8-5-11-25-16)14-6-3-2-4-7-14/h2-12,18H,1H3,(H,20,24). The van der Waals surface area contributed by atoms with Crippen molar-refractivity contribution in [1.82, 2.24) is 19.9 Å². The Labute approximate surface area is 149 Å². The van der Waals surface area contributed by atoms with Crippen LogP contribution in [0.1, 0.15) is 32.7 Å². The molecule has 0 aliphatic heterocycles. The second-order valence-corrected chi connectivity index (χ2v) is 6.71. The molecule has 3 heterocycles. The van der Waals surface area contributed by atoms with Gasteiger partial charge in [0.2, 0.25) is 0 Å². The van der Waals surface area contributed by atoms with Crippen LogP contribution in [0.5, 0.6) is 0 Å². The summed E-state index contributed by atoms with van der Waals surface area (Å²) in [5, 5.41) is 13.2. The van der Waals surface area contributed by atoms with Crippen LogP contribution in [0.15, 0.2) is 66.2 Å². The van der Waals surface area contributed by atoms with Crippen LogP contribution in [0.2, 0.25) is 0 Å². The molecule has 1 aromatic carbocycles. The average Bonchev–Trinajstić information content (AvgIpc) is 3.30. The number of amides is 1. The van der Waals surface area contributed by atoms with Crippen molar-refractivity contribution >= 4 is 22.9 Å². The molecule has 6 heteroatoms. The van der Waals surface area contributed by atoms with Gasteiger partial charge < -0.3 is 5.32 Å². The summed E-state index contributed by atoms with van der Waals surface area (Å²) in [6.45, 7) is 1.86. The number of rotatable bonds is 4. The molecule has 124 valence electrons. The third-order valence-electron chi connectivity index (χ3n) is 4.07. The minimum absolute atomic E-state index is 0.128. The van der Waals surface area contributed by atoms with E-state index in [0.29, 0.717) is 5.56 Å². The lowest BCUT2D eigenvalue weighted by Crippen LogP contribution is -2.29. The van der Waals surface area contributed by atoms with Gasteiger partial charge in [-0.15, -0.1) is 21.5 Å². The fourth-order valence-corrected chi connectivity index (χ4v) is 3.58. The van der Waals surface area contributed by atoms with E-state index in [9.17, 15) is 4.79 Å². The number of aromatic nitrogens is 3. The summed E-state index contributed by atoms with van der Waals surface area (Å²) in [5.74, 6) is 0.625. The zero-order chi connectivity index (χ0) is 17.2. The molecule has 1 N–H and O–H groups in total. The molecule has 0 aliphatic rings. The second-order valence-electron chi connectivity index (χ2n) is 5.73. The average molecular weight is 348 g/mol. The third-order valence-corrected chi connectivity index (χ3v) is 5.01. The van der Waals surface area contributed by atoms with E-state index >= 15 is 0 Å². The summed E-state index contributed by atoms with van der Waals surface area (Å²) in [7, 11) is 0. The fourth-order valence-electron chi connectivity index (χ4n) is 2.77. The van der Waals surface area contributed by atoms with Crippen molar-refractivity contribution < 1.29 is 4.79 Å². The molecule has 0 radical (unpaired) electrons. The number of nitrogens with one attached hydrogen (secondary N) is 1. The maximum absolute atomic E-state index is 12.8. The van der Waals surface area contributed by atoms with Gasteiger partial charge in [0, 0.05) is 11.1 Å². The number of aryl methyl sites for hydroxylation is 1. The Hall–Kier alpha value is -2.99. The third kappa shape index (κ3) is 3.04. The molecule has 1 unspecified atom stereocenters. The van der Waals surface area contributed by atoms with Crippen LogP contribution in [0.4, 0.5) is 0 Å². The SMILES string of the molecule is Cc1nnc2ccc(C(=O)NC(c3ccccc3)c3cccs3)cn12. The lowest BCUT2D eigenvalue weighted by Gasteiger charge is -2.18. The van der Waals surface area contributed by atoms with Crippen LogP contribution < -0.4 is 5.32 Å². The van der Waals surface area contributed by atoms with E-state index in [1.165, 1.54) is 0 Å². The molecule has 0 fully saturated rings. The minimum Gasteiger partial charge on any atom is -0.340 e. The Morgan fingerprint density at radius 3 is 2.68 bits per heavy atom. The summed E-state index contributed by atoms with van der Waals surface area (Å²) in [6, 6.07) is 17.4. The Bertz CT molecular complexity index is 1010. The van der Waals surface area contributed by atoms with Gasteiger partial charge in [0.05, 0.1) is 11.6 Å². The van der Waals surface area contributed by atoms with Gasteiger partial charge in [0.25, 0.3) is 5.91 Å². The van der Waals surface area contributed by atoms with E-state index in [0.717, 1.165) is 21.9 Å². The number of hydrogen-bond donors (Lipinski definition) is 1. The number of hydrogen-bond acceptors (Lipinski definition) is 4. The van der Waals surface area contributed by atoms with Crippen molar-refractivity contribution in [3.63, 3.8) is 0 Å². The van der Waals surface area contributed by atoms with Gasteiger partial charge >= 0.3 is 0 Å². The molecule has 0 bridgehead atoms. The van der Waals surface area contributed by atoms with Gasteiger partial charge in [-0.1, -0.05) is 36.4 Å². The van der Waals surface area contributed by atoms with Crippen LogP contribution in [-0.4, -0.2) is 20.5 Å². The molecule has 0 spiro atoms. The van der Waals surface area contributed by atoms with Crippen molar-refractivity contribution in [2.24, 2.45) is 0 Å². The van der Waals surface area contributed by atoms with E-state index in [1.807, 2.05) is 59.2 Å². The van der Waals surface area contributed by atoms with Crippen LogP contribution >= 0.6 is 11.3 Å². The summed E-state index contributed by atoms with van der Waals surface area (Å²) in [4.78, 5) is 13.9. The summed E-state index contributed by atoms with van der Waals surface area (Å²) in [6.07, 6.45) is 1.77. The number of pyridine rings is 1. The van der Waals surface area contributed by atoms with Crippen LogP contribution in [0.3, 0.4) is 0 Å². The maximum Gasteiger partial charge on any atom is 0.253 e. The monoisotopic (exact) mass is 348 g/mol. The molecule has 5 nitrogen and oxygen atoms in total. The summed E-state index contributed by atoms with van der Waals surface area (Å²) < 4.78 is 1.82. The molecular formula is C19H16N4OS. The number of carbonyl (C=O) groups excluding carboxylic acids is 1. The second kappa shape index (κ2) is 6.49. The molecule has 1 amide bonds. The van der Waals surface area contributed by atoms with Crippen molar-refractivity contribution in [3.8, 4) is 0 Å². The van der Waals surface area contributed by atoms with Crippen molar-refractivity contribution in [1.29, 1.82) is 0 Å². The highest BCUT2D eigenvalue weighted by Crippen LogP contribution is 2.26. The molecule has 3 aromatic heterocycles. The predicted molar refractivity (Wildman–Crippen MR) is 97.8 cm³/mol. The first-order valence-corrected chi connectivity index (χ1v) is 8.81. The predicted octanol–water partition coefficient (Wildman–Crippen LogP) is 3.62. The molecule has 0 saturated heterocycles. The van der Waals surface area contributed by atoms with Crippen LogP contribution in [0, 0.1) is 6.92 Å². The van der Waals surface area contributed by atoms with Gasteiger partial charge in [0.15, 0.2) is 5.65 Å². The first-order valence-electron chi connectivity index (χ1n) is 7.93. The lowest BCUT2D eigenvalue weighted by atomic mass is 10.0.